The molecular formula is C21H26N4O2. The fourth-order valence-electron chi connectivity index (χ4n) is 3.36. The monoisotopic (exact) mass is 366 g/mol. The van der Waals surface area contributed by atoms with Gasteiger partial charge in [-0.3, -0.25) is 19.9 Å². The zero-order valence-corrected chi connectivity index (χ0v) is 15.5. The highest BCUT2D eigenvalue weighted by atomic mass is 16.2. The van der Waals surface area contributed by atoms with Gasteiger partial charge in [0.15, 0.2) is 0 Å². The van der Waals surface area contributed by atoms with Crippen molar-refractivity contribution in [2.45, 2.75) is 6.54 Å². The Morgan fingerprint density at radius 3 is 2.48 bits per heavy atom. The predicted molar refractivity (Wildman–Crippen MR) is 107 cm³/mol. The van der Waals surface area contributed by atoms with Gasteiger partial charge in [-0.15, -0.1) is 6.58 Å². The number of rotatable bonds is 6. The number of carbonyl (C=O) groups excluding carboxylic acids is 2. The molecule has 142 valence electrons. The molecule has 6 nitrogen and oxygen atoms in total. The van der Waals surface area contributed by atoms with Crippen molar-refractivity contribution < 1.29 is 9.59 Å². The molecule has 3 rings (SSSR count). The first kappa shape index (κ1) is 19.1. The van der Waals surface area contributed by atoms with Gasteiger partial charge < -0.3 is 5.32 Å². The lowest BCUT2D eigenvalue weighted by Gasteiger charge is -2.34. The van der Waals surface area contributed by atoms with Gasteiger partial charge in [0.05, 0.1) is 6.54 Å². The third kappa shape index (κ3) is 5.39. The van der Waals surface area contributed by atoms with Gasteiger partial charge in [0.25, 0.3) is 0 Å². The standard InChI is InChI=1S/C21H26N4O2/c1-2-10-22-21(27)23-20(26)16-25-13-11-24(12-14-25)15-18-8-5-7-17-6-3-4-9-19(17)18/h2-9H,1,10-16H2,(H2,22,23,26,27). The largest absolute Gasteiger partial charge is 0.334 e. The molecule has 2 N–H and O–H groups in total. The van der Waals surface area contributed by atoms with E-state index in [0.29, 0.717) is 6.54 Å². The second-order valence-electron chi connectivity index (χ2n) is 6.74. The lowest BCUT2D eigenvalue weighted by atomic mass is 10.0. The van der Waals surface area contributed by atoms with Crippen molar-refractivity contribution in [2.24, 2.45) is 0 Å². The summed E-state index contributed by atoms with van der Waals surface area (Å²) in [6.07, 6.45) is 1.57. The van der Waals surface area contributed by atoms with Crippen LogP contribution in [0.15, 0.2) is 55.1 Å². The molecule has 0 spiro atoms. The first-order valence-electron chi connectivity index (χ1n) is 9.25. The minimum Gasteiger partial charge on any atom is -0.334 e. The number of hydrogen-bond donors (Lipinski definition) is 2. The van der Waals surface area contributed by atoms with Gasteiger partial charge in [-0.2, -0.15) is 0 Å². The molecule has 0 unspecified atom stereocenters. The first-order valence-corrected chi connectivity index (χ1v) is 9.25. The Morgan fingerprint density at radius 1 is 1.00 bits per heavy atom. The molecule has 1 fully saturated rings. The average molecular weight is 366 g/mol. The van der Waals surface area contributed by atoms with Crippen molar-refractivity contribution in [3.63, 3.8) is 0 Å². The number of urea groups is 1. The van der Waals surface area contributed by atoms with Crippen LogP contribution >= 0.6 is 0 Å². The number of hydrogen-bond acceptors (Lipinski definition) is 4. The molecule has 1 heterocycles. The van der Waals surface area contributed by atoms with E-state index in [2.05, 4.69) is 69.5 Å². The summed E-state index contributed by atoms with van der Waals surface area (Å²) in [7, 11) is 0. The third-order valence-electron chi connectivity index (χ3n) is 4.77. The van der Waals surface area contributed by atoms with E-state index in [0.717, 1.165) is 32.7 Å². The number of imide groups is 1. The van der Waals surface area contributed by atoms with Gasteiger partial charge in [0.1, 0.15) is 0 Å². The van der Waals surface area contributed by atoms with Crippen LogP contribution in [-0.2, 0) is 11.3 Å². The van der Waals surface area contributed by atoms with Crippen LogP contribution in [0.1, 0.15) is 5.56 Å². The Hall–Kier alpha value is -2.70. The van der Waals surface area contributed by atoms with Crippen molar-refractivity contribution in [2.75, 3.05) is 39.3 Å². The highest BCUT2D eigenvalue weighted by molar-refractivity contribution is 5.95. The SMILES string of the molecule is C=CCNC(=O)NC(=O)CN1CCN(Cc2cccc3ccccc23)CC1. The zero-order valence-electron chi connectivity index (χ0n) is 15.5. The molecule has 0 radical (unpaired) electrons. The maximum atomic E-state index is 12.0. The highest BCUT2D eigenvalue weighted by Gasteiger charge is 2.20. The summed E-state index contributed by atoms with van der Waals surface area (Å²) >= 11 is 0. The molecule has 27 heavy (non-hydrogen) atoms. The molecule has 3 amide bonds. The van der Waals surface area contributed by atoms with E-state index >= 15 is 0 Å². The Kier molecular flexibility index (Phi) is 6.57. The van der Waals surface area contributed by atoms with Gasteiger partial charge in [-0.1, -0.05) is 48.5 Å². The summed E-state index contributed by atoms with van der Waals surface area (Å²) in [5.41, 5.74) is 1.33. The van der Waals surface area contributed by atoms with Crippen molar-refractivity contribution in [1.82, 2.24) is 20.4 Å². The second-order valence-corrected chi connectivity index (χ2v) is 6.74. The Bertz CT molecular complexity index is 807. The number of amides is 3. The number of nitrogens with one attached hydrogen (secondary N) is 2. The lowest BCUT2D eigenvalue weighted by molar-refractivity contribution is -0.121. The fraction of sp³-hybridized carbons (Fsp3) is 0.333. The quantitative estimate of drug-likeness (QED) is 0.768. The molecule has 1 aliphatic heterocycles. The topological polar surface area (TPSA) is 64.7 Å². The fourth-order valence-corrected chi connectivity index (χ4v) is 3.36. The Labute approximate surface area is 159 Å². The molecule has 0 aromatic heterocycles. The summed E-state index contributed by atoms with van der Waals surface area (Å²) < 4.78 is 0. The van der Waals surface area contributed by atoms with Crippen LogP contribution in [0.5, 0.6) is 0 Å². The summed E-state index contributed by atoms with van der Waals surface area (Å²) in [5.74, 6) is -0.279. The number of nitrogens with zero attached hydrogens (tertiary/aromatic N) is 2. The van der Waals surface area contributed by atoms with Crippen LogP contribution in [0, 0.1) is 0 Å². The zero-order chi connectivity index (χ0) is 19.1. The molecule has 0 atom stereocenters. The molecule has 1 saturated heterocycles. The van der Waals surface area contributed by atoms with Crippen LogP contribution in [0.3, 0.4) is 0 Å². The third-order valence-corrected chi connectivity index (χ3v) is 4.77. The summed E-state index contributed by atoms with van der Waals surface area (Å²) in [6.45, 7) is 8.43. The van der Waals surface area contributed by atoms with E-state index in [9.17, 15) is 9.59 Å². The van der Waals surface area contributed by atoms with Gasteiger partial charge in [0, 0.05) is 39.3 Å². The van der Waals surface area contributed by atoms with Gasteiger partial charge in [-0.25, -0.2) is 4.79 Å². The van der Waals surface area contributed by atoms with Crippen molar-refractivity contribution in [1.29, 1.82) is 0 Å². The van der Waals surface area contributed by atoms with Crippen LogP contribution in [0.4, 0.5) is 4.79 Å². The van der Waals surface area contributed by atoms with E-state index in [4.69, 9.17) is 0 Å². The van der Waals surface area contributed by atoms with E-state index in [1.807, 2.05) is 0 Å². The number of piperazine rings is 1. The maximum absolute atomic E-state index is 12.0. The summed E-state index contributed by atoms with van der Waals surface area (Å²) in [5, 5.41) is 7.44. The minimum atomic E-state index is -0.477. The smallest absolute Gasteiger partial charge is 0.321 e. The van der Waals surface area contributed by atoms with E-state index in [-0.39, 0.29) is 12.5 Å². The number of benzene rings is 2. The van der Waals surface area contributed by atoms with Crippen LogP contribution in [0.25, 0.3) is 10.8 Å². The van der Waals surface area contributed by atoms with Gasteiger partial charge in [0.2, 0.25) is 5.91 Å². The van der Waals surface area contributed by atoms with Gasteiger partial charge in [-0.05, 0) is 16.3 Å². The number of fused-ring (bicyclic) bond motifs is 1. The molecule has 1 aliphatic rings. The van der Waals surface area contributed by atoms with E-state index in [1.165, 1.54) is 16.3 Å². The summed E-state index contributed by atoms with van der Waals surface area (Å²) in [6, 6.07) is 14.4. The molecule has 6 heteroatoms. The molecule has 2 aromatic rings. The van der Waals surface area contributed by atoms with Crippen LogP contribution in [-0.4, -0.2) is 61.0 Å². The van der Waals surface area contributed by atoms with Crippen molar-refractivity contribution >= 4 is 22.7 Å². The van der Waals surface area contributed by atoms with Gasteiger partial charge >= 0.3 is 6.03 Å². The van der Waals surface area contributed by atoms with Crippen molar-refractivity contribution in [3.8, 4) is 0 Å². The average Bonchev–Trinajstić information content (AvgIpc) is 2.68. The molecule has 0 bridgehead atoms. The maximum Gasteiger partial charge on any atom is 0.321 e. The normalized spacial score (nSPS) is 15.4. The van der Waals surface area contributed by atoms with Crippen LogP contribution < -0.4 is 10.6 Å². The Balaban J connectivity index is 1.47. The van der Waals surface area contributed by atoms with Crippen LogP contribution in [0.2, 0.25) is 0 Å². The predicted octanol–water partition coefficient (Wildman–Crippen LogP) is 1.97. The van der Waals surface area contributed by atoms with E-state index < -0.39 is 6.03 Å². The van der Waals surface area contributed by atoms with E-state index in [1.54, 1.807) is 6.08 Å². The highest BCUT2D eigenvalue weighted by Crippen LogP contribution is 2.20. The summed E-state index contributed by atoms with van der Waals surface area (Å²) in [4.78, 5) is 27.9. The first-order chi connectivity index (χ1) is 13.2. The number of carbonyl (C=O) groups is 2. The molecule has 0 saturated carbocycles. The minimum absolute atomic E-state index is 0.240. The second kappa shape index (κ2) is 9.30. The molecule has 0 aliphatic carbocycles. The Morgan fingerprint density at radius 2 is 1.70 bits per heavy atom. The van der Waals surface area contributed by atoms with Crippen molar-refractivity contribution in [3.05, 3.63) is 60.7 Å². The molecular weight excluding hydrogens is 340 g/mol. The lowest BCUT2D eigenvalue weighted by Crippen LogP contribution is -2.50. The molecule has 2 aromatic carbocycles.